The van der Waals surface area contributed by atoms with Crippen molar-refractivity contribution in [1.29, 1.82) is 0 Å². The number of nitrogens with one attached hydrogen (secondary N) is 1. The highest BCUT2D eigenvalue weighted by Crippen LogP contribution is 2.33. The van der Waals surface area contributed by atoms with Gasteiger partial charge in [-0.2, -0.15) is 26.3 Å². The predicted octanol–water partition coefficient (Wildman–Crippen LogP) is 4.04. The first-order chi connectivity index (χ1) is 14.6. The molecule has 0 aliphatic rings. The number of hydrogen-bond donors (Lipinski definition) is 1. The van der Waals surface area contributed by atoms with E-state index >= 15 is 0 Å². The SMILES string of the molecule is CC(C)(C)[S@](=O)N[C@H](c1ncc(OCc2ccccc2)c(=O)n1CC(F)(F)F)C(F)(F)F. The molecule has 0 radical (unpaired) electrons. The molecular weight excluding hydrogens is 464 g/mol. The Labute approximate surface area is 182 Å². The van der Waals surface area contributed by atoms with Gasteiger partial charge in [0.1, 0.15) is 19.0 Å². The van der Waals surface area contributed by atoms with E-state index in [1.807, 2.05) is 0 Å². The molecule has 1 aromatic carbocycles. The van der Waals surface area contributed by atoms with E-state index in [4.69, 9.17) is 4.74 Å². The summed E-state index contributed by atoms with van der Waals surface area (Å²) in [5.74, 6) is -1.93. The van der Waals surface area contributed by atoms with Gasteiger partial charge in [-0.25, -0.2) is 13.9 Å². The molecule has 1 aromatic heterocycles. The summed E-state index contributed by atoms with van der Waals surface area (Å²) in [7, 11) is -2.32. The van der Waals surface area contributed by atoms with E-state index in [-0.39, 0.29) is 11.2 Å². The maximum absolute atomic E-state index is 13.7. The second-order valence-corrected chi connectivity index (χ2v) is 9.73. The average molecular weight is 485 g/mol. The minimum atomic E-state index is -5.19. The van der Waals surface area contributed by atoms with Crippen molar-refractivity contribution < 1.29 is 35.3 Å². The summed E-state index contributed by atoms with van der Waals surface area (Å²) in [4.78, 5) is 16.1. The lowest BCUT2D eigenvalue weighted by atomic mass is 10.2. The van der Waals surface area contributed by atoms with Crippen molar-refractivity contribution >= 4 is 11.0 Å². The fraction of sp³-hybridized carbons (Fsp3) is 0.474. The topological polar surface area (TPSA) is 73.2 Å². The highest BCUT2D eigenvalue weighted by Gasteiger charge is 2.47. The van der Waals surface area contributed by atoms with E-state index in [9.17, 15) is 35.3 Å². The normalized spacial score (nSPS) is 14.8. The van der Waals surface area contributed by atoms with E-state index in [0.717, 1.165) is 0 Å². The summed E-state index contributed by atoms with van der Waals surface area (Å²) in [6, 6.07) is 5.40. The molecule has 2 aromatic rings. The minimum absolute atomic E-state index is 0.161. The van der Waals surface area contributed by atoms with Gasteiger partial charge in [-0.1, -0.05) is 30.3 Å². The second kappa shape index (κ2) is 9.61. The highest BCUT2D eigenvalue weighted by atomic mass is 32.2. The van der Waals surface area contributed by atoms with Crippen LogP contribution in [0.15, 0.2) is 41.3 Å². The van der Waals surface area contributed by atoms with Gasteiger partial charge in [0.05, 0.1) is 21.9 Å². The van der Waals surface area contributed by atoms with E-state index < -0.39 is 57.8 Å². The lowest BCUT2D eigenvalue weighted by Gasteiger charge is -2.27. The Kier molecular flexibility index (Phi) is 7.76. The number of aromatic nitrogens is 2. The van der Waals surface area contributed by atoms with Crippen molar-refractivity contribution in [3.63, 3.8) is 0 Å². The van der Waals surface area contributed by atoms with Crippen LogP contribution in [0.1, 0.15) is 38.2 Å². The largest absolute Gasteiger partial charge is 0.482 e. The smallest absolute Gasteiger partial charge is 0.411 e. The van der Waals surface area contributed by atoms with Gasteiger partial charge in [0.15, 0.2) is 6.04 Å². The number of benzene rings is 1. The Hall–Kier alpha value is -2.41. The molecule has 2 rings (SSSR count). The Morgan fingerprint density at radius 2 is 1.69 bits per heavy atom. The van der Waals surface area contributed by atoms with Crippen LogP contribution in [-0.2, 0) is 24.1 Å². The maximum Gasteiger partial charge on any atom is 0.411 e. The summed E-state index contributed by atoms with van der Waals surface area (Å²) in [6.45, 7) is 1.88. The summed E-state index contributed by atoms with van der Waals surface area (Å²) >= 11 is 0. The standard InChI is InChI=1S/C19H21F6N3O3S/c1-17(2,3)32(30)27-14(19(23,24)25)15-26-9-13(16(29)28(15)11-18(20,21)22)31-10-12-7-5-4-6-8-12/h4-9,14,27H,10-11H2,1-3H3/t14-,32+/m1/s1. The first-order valence-electron chi connectivity index (χ1n) is 9.17. The Morgan fingerprint density at radius 3 is 2.19 bits per heavy atom. The molecule has 0 saturated carbocycles. The van der Waals surface area contributed by atoms with Gasteiger partial charge in [0.2, 0.25) is 5.75 Å². The molecule has 0 bridgehead atoms. The van der Waals surface area contributed by atoms with Crippen molar-refractivity contribution in [2.24, 2.45) is 0 Å². The third-order valence-electron chi connectivity index (χ3n) is 3.99. The molecule has 0 amide bonds. The van der Waals surface area contributed by atoms with Crippen LogP contribution in [0, 0.1) is 0 Å². The van der Waals surface area contributed by atoms with Gasteiger partial charge in [0, 0.05) is 0 Å². The molecule has 6 nitrogen and oxygen atoms in total. The summed E-state index contributed by atoms with van der Waals surface area (Å²) < 4.78 is 98.3. The van der Waals surface area contributed by atoms with Gasteiger partial charge >= 0.3 is 12.4 Å². The first-order valence-corrected chi connectivity index (χ1v) is 10.3. The van der Waals surface area contributed by atoms with Gasteiger partial charge in [-0.15, -0.1) is 0 Å². The average Bonchev–Trinajstić information content (AvgIpc) is 2.65. The lowest BCUT2D eigenvalue weighted by molar-refractivity contribution is -0.160. The lowest BCUT2D eigenvalue weighted by Crippen LogP contribution is -2.45. The van der Waals surface area contributed by atoms with E-state index in [2.05, 4.69) is 4.98 Å². The molecule has 2 atom stereocenters. The maximum atomic E-state index is 13.7. The zero-order valence-corrected chi connectivity index (χ0v) is 18.1. The Balaban J connectivity index is 2.52. The Morgan fingerprint density at radius 1 is 1.09 bits per heavy atom. The van der Waals surface area contributed by atoms with Crippen molar-refractivity contribution in [3.05, 3.63) is 58.3 Å². The second-order valence-electron chi connectivity index (χ2n) is 7.73. The third-order valence-corrected chi connectivity index (χ3v) is 5.55. The van der Waals surface area contributed by atoms with Crippen LogP contribution in [-0.4, -0.2) is 30.9 Å². The molecule has 32 heavy (non-hydrogen) atoms. The number of alkyl halides is 6. The molecule has 0 fully saturated rings. The number of ether oxygens (including phenoxy) is 1. The molecule has 0 unspecified atom stereocenters. The summed E-state index contributed by atoms with van der Waals surface area (Å²) in [5.41, 5.74) is -0.866. The first kappa shape index (κ1) is 25.8. The monoisotopic (exact) mass is 485 g/mol. The fourth-order valence-corrected chi connectivity index (χ4v) is 3.24. The summed E-state index contributed by atoms with van der Waals surface area (Å²) in [6.07, 6.45) is -9.59. The van der Waals surface area contributed by atoms with Crippen LogP contribution in [0.5, 0.6) is 5.75 Å². The van der Waals surface area contributed by atoms with Crippen LogP contribution >= 0.6 is 0 Å². The van der Waals surface area contributed by atoms with Crippen molar-refractivity contribution in [2.75, 3.05) is 0 Å². The van der Waals surface area contributed by atoms with E-state index in [1.54, 1.807) is 35.1 Å². The van der Waals surface area contributed by atoms with E-state index in [0.29, 0.717) is 11.8 Å². The van der Waals surface area contributed by atoms with Gasteiger partial charge in [-0.05, 0) is 26.3 Å². The van der Waals surface area contributed by atoms with Crippen LogP contribution in [0.3, 0.4) is 0 Å². The Bertz CT molecular complexity index is 1000. The quantitative estimate of drug-likeness (QED) is 0.601. The fourth-order valence-electron chi connectivity index (χ4n) is 2.43. The van der Waals surface area contributed by atoms with Crippen molar-refractivity contribution in [2.45, 2.75) is 57.1 Å². The molecular formula is C19H21F6N3O3S. The van der Waals surface area contributed by atoms with Crippen LogP contribution in [0.25, 0.3) is 0 Å². The number of nitrogens with zero attached hydrogens (tertiary/aromatic N) is 2. The number of hydrogen-bond acceptors (Lipinski definition) is 4. The van der Waals surface area contributed by atoms with Crippen molar-refractivity contribution in [3.8, 4) is 5.75 Å². The van der Waals surface area contributed by atoms with Crippen LogP contribution in [0.2, 0.25) is 0 Å². The molecule has 0 saturated heterocycles. The number of rotatable bonds is 7. The predicted molar refractivity (Wildman–Crippen MR) is 105 cm³/mol. The molecule has 13 heteroatoms. The third kappa shape index (κ3) is 7.05. The zero-order valence-electron chi connectivity index (χ0n) is 17.3. The zero-order chi connectivity index (χ0) is 24.3. The minimum Gasteiger partial charge on any atom is -0.482 e. The van der Waals surface area contributed by atoms with Crippen molar-refractivity contribution in [1.82, 2.24) is 14.3 Å². The molecule has 0 aliphatic heterocycles. The highest BCUT2D eigenvalue weighted by molar-refractivity contribution is 7.84. The molecule has 0 aliphatic carbocycles. The molecule has 0 spiro atoms. The van der Waals surface area contributed by atoms with E-state index in [1.165, 1.54) is 20.8 Å². The van der Waals surface area contributed by atoms with Gasteiger partial charge in [0.25, 0.3) is 5.56 Å². The molecule has 178 valence electrons. The number of halogens is 6. The molecule has 1 N–H and O–H groups in total. The van der Waals surface area contributed by atoms with Crippen LogP contribution in [0.4, 0.5) is 26.3 Å². The molecule has 1 heterocycles. The summed E-state index contributed by atoms with van der Waals surface area (Å²) in [5, 5.41) is 0. The van der Waals surface area contributed by atoms with Gasteiger partial charge < -0.3 is 4.74 Å². The van der Waals surface area contributed by atoms with Crippen LogP contribution < -0.4 is 15.0 Å². The van der Waals surface area contributed by atoms with Gasteiger partial charge in [-0.3, -0.25) is 9.36 Å².